The standard InChI is InChI=1S/C34H29N7O2S2/c1-20-5-7-24(8-6-20)30-28(45-34(38-30)40-32(43)26-11-15-36-16-12-26)18-41-22(3)17-21(2)29(23(41)4)27-19-44-33(37-27)39-31(42)25-9-13-35-14-10-25/h5-17,19H,18H2,1-4H3,(H-,37,38,39,40,42,43)/p+1. The van der Waals surface area contributed by atoms with Crippen LogP contribution in [0.15, 0.2) is 84.8 Å². The molecule has 1 aromatic carbocycles. The van der Waals surface area contributed by atoms with E-state index in [0.717, 1.165) is 49.9 Å². The summed E-state index contributed by atoms with van der Waals surface area (Å²) in [4.78, 5) is 44.3. The van der Waals surface area contributed by atoms with Gasteiger partial charge in [-0.05, 0) is 43.7 Å². The molecule has 2 amide bonds. The second-order valence-corrected chi connectivity index (χ2v) is 12.5. The van der Waals surface area contributed by atoms with Gasteiger partial charge in [0.25, 0.3) is 11.8 Å². The molecular weight excluding hydrogens is 603 g/mol. The lowest BCUT2D eigenvalue weighted by molar-refractivity contribution is -0.699. The number of thiazole rings is 2. The Kier molecular flexibility index (Phi) is 8.54. The molecule has 5 aromatic heterocycles. The van der Waals surface area contributed by atoms with Gasteiger partial charge in [-0.1, -0.05) is 41.2 Å². The highest BCUT2D eigenvalue weighted by molar-refractivity contribution is 7.16. The van der Waals surface area contributed by atoms with Crippen LogP contribution in [0.5, 0.6) is 0 Å². The Morgan fingerprint density at radius 2 is 1.38 bits per heavy atom. The predicted molar refractivity (Wildman–Crippen MR) is 178 cm³/mol. The van der Waals surface area contributed by atoms with Crippen LogP contribution < -0.4 is 15.2 Å². The first kappa shape index (κ1) is 29.9. The van der Waals surface area contributed by atoms with E-state index in [0.29, 0.717) is 27.9 Å². The van der Waals surface area contributed by atoms with Crippen LogP contribution in [0.4, 0.5) is 10.3 Å². The van der Waals surface area contributed by atoms with Crippen LogP contribution in [0.2, 0.25) is 0 Å². The summed E-state index contributed by atoms with van der Waals surface area (Å²) in [6.07, 6.45) is 6.37. The Hall–Kier alpha value is -5.13. The second kappa shape index (κ2) is 12.8. The first-order chi connectivity index (χ1) is 21.8. The molecule has 0 aliphatic rings. The number of nitrogens with zero attached hydrogens (tertiary/aromatic N) is 5. The molecule has 0 spiro atoms. The van der Waals surface area contributed by atoms with Crippen molar-refractivity contribution in [2.45, 2.75) is 34.2 Å². The zero-order chi connectivity index (χ0) is 31.5. The van der Waals surface area contributed by atoms with Gasteiger partial charge in [-0.15, -0.1) is 11.3 Å². The first-order valence-electron chi connectivity index (χ1n) is 14.2. The molecule has 2 N–H and O–H groups in total. The molecule has 0 aliphatic heterocycles. The van der Waals surface area contributed by atoms with Crippen LogP contribution in [0, 0.1) is 27.7 Å². The number of amides is 2. The zero-order valence-electron chi connectivity index (χ0n) is 25.2. The second-order valence-electron chi connectivity index (χ2n) is 10.6. The van der Waals surface area contributed by atoms with Crippen molar-refractivity contribution in [3.8, 4) is 22.5 Å². The molecule has 45 heavy (non-hydrogen) atoms. The number of anilines is 2. The summed E-state index contributed by atoms with van der Waals surface area (Å²) < 4.78 is 2.25. The van der Waals surface area contributed by atoms with Gasteiger partial charge in [-0.3, -0.25) is 30.2 Å². The number of aryl methyl sites for hydroxylation is 3. The lowest BCUT2D eigenvalue weighted by Crippen LogP contribution is -2.41. The van der Waals surface area contributed by atoms with Crippen LogP contribution in [0.25, 0.3) is 22.5 Å². The highest BCUT2D eigenvalue weighted by Gasteiger charge is 2.25. The molecule has 11 heteroatoms. The SMILES string of the molecule is Cc1ccc(-c2nc(NC(=O)c3ccncc3)sc2C[n+]2c(C)cc(C)c(-c3csc(NC(=O)c4ccncc4)n3)c2C)cc1. The maximum Gasteiger partial charge on any atom is 0.257 e. The molecule has 9 nitrogen and oxygen atoms in total. The van der Waals surface area contributed by atoms with Crippen molar-refractivity contribution in [2.75, 3.05) is 10.6 Å². The number of hydrogen-bond donors (Lipinski definition) is 2. The molecule has 6 aromatic rings. The van der Waals surface area contributed by atoms with E-state index in [1.807, 2.05) is 5.38 Å². The lowest BCUT2D eigenvalue weighted by Gasteiger charge is -2.11. The fourth-order valence-corrected chi connectivity index (χ4v) is 6.83. The quantitative estimate of drug-likeness (QED) is 0.179. The van der Waals surface area contributed by atoms with Crippen molar-refractivity contribution in [2.24, 2.45) is 0 Å². The Bertz CT molecular complexity index is 2000. The number of pyridine rings is 3. The van der Waals surface area contributed by atoms with E-state index in [-0.39, 0.29) is 11.8 Å². The average molecular weight is 633 g/mol. The van der Waals surface area contributed by atoms with Gasteiger partial charge in [-0.2, -0.15) is 4.57 Å². The summed E-state index contributed by atoms with van der Waals surface area (Å²) in [6, 6.07) is 17.1. The number of nitrogens with one attached hydrogen (secondary N) is 2. The topological polar surface area (TPSA) is 114 Å². The minimum atomic E-state index is -0.235. The molecule has 5 heterocycles. The van der Waals surface area contributed by atoms with Gasteiger partial charge in [0, 0.05) is 66.8 Å². The molecule has 6 rings (SSSR count). The van der Waals surface area contributed by atoms with E-state index in [1.54, 1.807) is 49.1 Å². The first-order valence-corrected chi connectivity index (χ1v) is 15.9. The normalized spacial score (nSPS) is 10.9. The van der Waals surface area contributed by atoms with Gasteiger partial charge in [-0.25, -0.2) is 9.97 Å². The highest BCUT2D eigenvalue weighted by atomic mass is 32.1. The van der Waals surface area contributed by atoms with Gasteiger partial charge in [0.15, 0.2) is 28.2 Å². The third-order valence-corrected chi connectivity index (χ3v) is 9.14. The smallest absolute Gasteiger partial charge is 0.257 e. The summed E-state index contributed by atoms with van der Waals surface area (Å²) >= 11 is 2.85. The number of carbonyl (C=O) groups is 2. The largest absolute Gasteiger partial charge is 0.298 e. The number of carbonyl (C=O) groups excluding carboxylic acids is 2. The lowest BCUT2D eigenvalue weighted by atomic mass is 10.0. The number of aromatic nitrogens is 5. The molecule has 0 atom stereocenters. The van der Waals surface area contributed by atoms with Gasteiger partial charge in [0.2, 0.25) is 0 Å². The maximum absolute atomic E-state index is 13.0. The van der Waals surface area contributed by atoms with Crippen molar-refractivity contribution in [3.05, 3.63) is 123 Å². The zero-order valence-corrected chi connectivity index (χ0v) is 26.8. The molecule has 0 saturated carbocycles. The maximum atomic E-state index is 13.0. The van der Waals surface area contributed by atoms with Crippen LogP contribution in [-0.2, 0) is 6.54 Å². The molecule has 0 unspecified atom stereocenters. The fourth-order valence-electron chi connectivity index (χ4n) is 5.16. The number of rotatable bonds is 8. The predicted octanol–water partition coefficient (Wildman–Crippen LogP) is 6.80. The van der Waals surface area contributed by atoms with E-state index in [2.05, 4.69) is 83.2 Å². The Morgan fingerprint density at radius 3 is 2.00 bits per heavy atom. The summed E-state index contributed by atoms with van der Waals surface area (Å²) in [7, 11) is 0. The van der Waals surface area contributed by atoms with Crippen molar-refractivity contribution >= 4 is 44.8 Å². The van der Waals surface area contributed by atoms with Gasteiger partial charge < -0.3 is 0 Å². The number of hydrogen-bond acceptors (Lipinski definition) is 8. The monoisotopic (exact) mass is 632 g/mol. The van der Waals surface area contributed by atoms with E-state index < -0.39 is 0 Å². The van der Waals surface area contributed by atoms with Crippen molar-refractivity contribution in [1.29, 1.82) is 0 Å². The molecule has 0 fully saturated rings. The highest BCUT2D eigenvalue weighted by Crippen LogP contribution is 2.33. The molecule has 0 radical (unpaired) electrons. The van der Waals surface area contributed by atoms with Crippen molar-refractivity contribution < 1.29 is 14.2 Å². The van der Waals surface area contributed by atoms with Crippen LogP contribution in [0.3, 0.4) is 0 Å². The number of benzene rings is 1. The summed E-state index contributed by atoms with van der Waals surface area (Å²) in [6.45, 7) is 8.85. The van der Waals surface area contributed by atoms with Crippen LogP contribution in [-0.4, -0.2) is 31.8 Å². The molecule has 0 aliphatic carbocycles. The third kappa shape index (κ3) is 6.54. The molecular formula is C34H30N7O2S2+. The average Bonchev–Trinajstić information content (AvgIpc) is 3.67. The minimum absolute atomic E-state index is 0.230. The van der Waals surface area contributed by atoms with Gasteiger partial charge in [0.1, 0.15) is 0 Å². The van der Waals surface area contributed by atoms with E-state index in [4.69, 9.17) is 9.97 Å². The summed E-state index contributed by atoms with van der Waals surface area (Å²) in [5.41, 5.74) is 9.02. The Morgan fingerprint density at radius 1 is 0.778 bits per heavy atom. The summed E-state index contributed by atoms with van der Waals surface area (Å²) in [5.74, 6) is -0.465. The van der Waals surface area contributed by atoms with E-state index >= 15 is 0 Å². The molecule has 224 valence electrons. The van der Waals surface area contributed by atoms with Crippen LogP contribution in [0.1, 0.15) is 48.1 Å². The summed E-state index contributed by atoms with van der Waals surface area (Å²) in [5, 5.41) is 8.90. The van der Waals surface area contributed by atoms with E-state index in [1.165, 1.54) is 22.7 Å². The minimum Gasteiger partial charge on any atom is -0.298 e. The Labute approximate surface area is 268 Å². The van der Waals surface area contributed by atoms with Gasteiger partial charge >= 0.3 is 0 Å². The Balaban J connectivity index is 1.33. The van der Waals surface area contributed by atoms with Crippen molar-refractivity contribution in [3.63, 3.8) is 0 Å². The van der Waals surface area contributed by atoms with Crippen molar-refractivity contribution in [1.82, 2.24) is 19.9 Å². The van der Waals surface area contributed by atoms with Crippen LogP contribution >= 0.6 is 22.7 Å². The van der Waals surface area contributed by atoms with Gasteiger partial charge in [0.05, 0.1) is 21.8 Å². The fraction of sp³-hybridized carbons (Fsp3) is 0.147. The third-order valence-electron chi connectivity index (χ3n) is 7.42. The van der Waals surface area contributed by atoms with E-state index in [9.17, 15) is 9.59 Å². The molecule has 0 bridgehead atoms. The molecule has 0 saturated heterocycles.